The van der Waals surface area contributed by atoms with E-state index in [1.54, 1.807) is 0 Å². The van der Waals surface area contributed by atoms with Gasteiger partial charge in [-0.3, -0.25) is 0 Å². The first-order valence-corrected chi connectivity index (χ1v) is 4.96. The molecule has 2 unspecified atom stereocenters. The van der Waals surface area contributed by atoms with Crippen LogP contribution < -0.4 is 5.32 Å². The molecule has 2 fully saturated rings. The lowest BCUT2D eigenvalue weighted by molar-refractivity contribution is 0.131. The molecule has 4 heteroatoms. The Hall–Kier alpha value is -0.770. The third-order valence-electron chi connectivity index (χ3n) is 2.91. The largest absolute Gasteiger partial charge is 0.448 e. The highest BCUT2D eigenvalue weighted by Crippen LogP contribution is 2.19. The molecule has 2 saturated heterocycles. The van der Waals surface area contributed by atoms with Crippen LogP contribution in [-0.4, -0.2) is 42.8 Å². The number of ether oxygens (including phenoxy) is 1. The molecule has 2 atom stereocenters. The van der Waals surface area contributed by atoms with Gasteiger partial charge in [0, 0.05) is 6.04 Å². The van der Waals surface area contributed by atoms with E-state index in [1.165, 1.54) is 0 Å². The maximum absolute atomic E-state index is 11.3. The molecule has 2 aliphatic heterocycles. The first-order chi connectivity index (χ1) is 6.29. The van der Waals surface area contributed by atoms with E-state index in [0.717, 1.165) is 25.9 Å². The predicted molar refractivity (Wildman–Crippen MR) is 48.5 cm³/mol. The molecule has 2 rings (SSSR count). The molecule has 2 heterocycles. The summed E-state index contributed by atoms with van der Waals surface area (Å²) in [5.41, 5.74) is 0. The number of nitrogens with one attached hydrogen (secondary N) is 1. The van der Waals surface area contributed by atoms with E-state index in [-0.39, 0.29) is 6.09 Å². The summed E-state index contributed by atoms with van der Waals surface area (Å²) in [4.78, 5) is 13.2. The molecule has 4 nitrogen and oxygen atoms in total. The summed E-state index contributed by atoms with van der Waals surface area (Å²) in [6.07, 6.45) is 2.11. The number of carbonyl (C=O) groups is 1. The summed E-state index contributed by atoms with van der Waals surface area (Å²) in [5.74, 6) is 0. The van der Waals surface area contributed by atoms with Crippen LogP contribution in [0.15, 0.2) is 0 Å². The highest BCUT2D eigenvalue weighted by molar-refractivity contribution is 5.69. The van der Waals surface area contributed by atoms with Crippen molar-refractivity contribution in [1.82, 2.24) is 10.2 Å². The van der Waals surface area contributed by atoms with Gasteiger partial charge in [0.2, 0.25) is 0 Å². The summed E-state index contributed by atoms with van der Waals surface area (Å²) in [5, 5.41) is 3.38. The SMILES string of the molecule is CC1NCCCC1N1CCOC1=O. The molecule has 0 aromatic carbocycles. The minimum Gasteiger partial charge on any atom is -0.448 e. The van der Waals surface area contributed by atoms with Gasteiger partial charge in [0.25, 0.3) is 0 Å². The standard InChI is InChI=1S/C9H16N2O2/c1-7-8(3-2-4-10-7)11-5-6-13-9(11)12/h7-8,10H,2-6H2,1H3. The molecule has 1 N–H and O–H groups in total. The van der Waals surface area contributed by atoms with Crippen LogP contribution in [0.4, 0.5) is 4.79 Å². The van der Waals surface area contributed by atoms with Crippen LogP contribution in [0.25, 0.3) is 0 Å². The quantitative estimate of drug-likeness (QED) is 0.648. The van der Waals surface area contributed by atoms with Crippen molar-refractivity contribution < 1.29 is 9.53 Å². The van der Waals surface area contributed by atoms with Crippen molar-refractivity contribution in [3.8, 4) is 0 Å². The van der Waals surface area contributed by atoms with Crippen LogP contribution in [-0.2, 0) is 4.74 Å². The molecule has 1 amide bonds. The normalized spacial score (nSPS) is 34.8. The molecular weight excluding hydrogens is 168 g/mol. The number of piperidine rings is 1. The van der Waals surface area contributed by atoms with Gasteiger partial charge in [0.1, 0.15) is 6.61 Å². The van der Waals surface area contributed by atoms with Gasteiger partial charge in [-0.25, -0.2) is 4.79 Å². The lowest BCUT2D eigenvalue weighted by Gasteiger charge is -2.35. The average molecular weight is 184 g/mol. The van der Waals surface area contributed by atoms with Gasteiger partial charge in [-0.2, -0.15) is 0 Å². The van der Waals surface area contributed by atoms with Crippen molar-refractivity contribution in [3.63, 3.8) is 0 Å². The molecule has 74 valence electrons. The zero-order valence-corrected chi connectivity index (χ0v) is 7.95. The minimum atomic E-state index is -0.138. The maximum Gasteiger partial charge on any atom is 0.410 e. The van der Waals surface area contributed by atoms with Crippen molar-refractivity contribution in [3.05, 3.63) is 0 Å². The van der Waals surface area contributed by atoms with Gasteiger partial charge in [0.05, 0.1) is 12.6 Å². The predicted octanol–water partition coefficient (Wildman–Crippen LogP) is 0.579. The van der Waals surface area contributed by atoms with E-state index in [9.17, 15) is 4.79 Å². The second kappa shape index (κ2) is 3.54. The maximum atomic E-state index is 11.3. The first-order valence-electron chi connectivity index (χ1n) is 4.96. The van der Waals surface area contributed by atoms with E-state index in [0.29, 0.717) is 18.7 Å². The van der Waals surface area contributed by atoms with Crippen molar-refractivity contribution in [2.75, 3.05) is 19.7 Å². The summed E-state index contributed by atoms with van der Waals surface area (Å²) in [6, 6.07) is 0.739. The van der Waals surface area contributed by atoms with Gasteiger partial charge in [-0.1, -0.05) is 0 Å². The van der Waals surface area contributed by atoms with Gasteiger partial charge < -0.3 is 15.0 Å². The number of cyclic esters (lactones) is 1. The van der Waals surface area contributed by atoms with Gasteiger partial charge in [-0.05, 0) is 26.3 Å². The van der Waals surface area contributed by atoms with Crippen LogP contribution in [0.3, 0.4) is 0 Å². The molecule has 0 bridgehead atoms. The van der Waals surface area contributed by atoms with Crippen LogP contribution in [0.5, 0.6) is 0 Å². The van der Waals surface area contributed by atoms with Crippen molar-refractivity contribution in [1.29, 1.82) is 0 Å². The number of rotatable bonds is 1. The molecule has 0 radical (unpaired) electrons. The monoisotopic (exact) mass is 184 g/mol. The third kappa shape index (κ3) is 1.63. The van der Waals surface area contributed by atoms with Gasteiger partial charge in [0.15, 0.2) is 0 Å². The summed E-state index contributed by atoms with van der Waals surface area (Å²) in [6.45, 7) is 4.52. The Kier molecular flexibility index (Phi) is 2.40. The first kappa shape index (κ1) is 8.81. The van der Waals surface area contributed by atoms with E-state index < -0.39 is 0 Å². The Bertz CT molecular complexity index is 208. The van der Waals surface area contributed by atoms with Crippen LogP contribution in [0.1, 0.15) is 19.8 Å². The zero-order chi connectivity index (χ0) is 9.26. The van der Waals surface area contributed by atoms with Crippen LogP contribution >= 0.6 is 0 Å². The van der Waals surface area contributed by atoms with Gasteiger partial charge in [-0.15, -0.1) is 0 Å². The Balaban J connectivity index is 2.01. The molecule has 0 spiro atoms. The third-order valence-corrected chi connectivity index (χ3v) is 2.91. The topological polar surface area (TPSA) is 41.6 Å². The fourth-order valence-corrected chi connectivity index (χ4v) is 2.16. The molecule has 0 aromatic heterocycles. The lowest BCUT2D eigenvalue weighted by Crippen LogP contribution is -2.52. The number of hydrogen-bond acceptors (Lipinski definition) is 3. The van der Waals surface area contributed by atoms with E-state index in [2.05, 4.69) is 12.2 Å². The number of carbonyl (C=O) groups excluding carboxylic acids is 1. The van der Waals surface area contributed by atoms with Crippen LogP contribution in [0.2, 0.25) is 0 Å². The van der Waals surface area contributed by atoms with Crippen molar-refractivity contribution in [2.45, 2.75) is 31.8 Å². The van der Waals surface area contributed by atoms with E-state index >= 15 is 0 Å². The zero-order valence-electron chi connectivity index (χ0n) is 7.95. The summed E-state index contributed by atoms with van der Waals surface area (Å²) < 4.78 is 4.93. The second-order valence-corrected chi connectivity index (χ2v) is 3.76. The molecule has 0 aromatic rings. The summed E-state index contributed by atoms with van der Waals surface area (Å²) in [7, 11) is 0. The van der Waals surface area contributed by atoms with Crippen LogP contribution in [0, 0.1) is 0 Å². The minimum absolute atomic E-state index is 0.138. The average Bonchev–Trinajstić information content (AvgIpc) is 2.52. The fourth-order valence-electron chi connectivity index (χ4n) is 2.16. The number of nitrogens with zero attached hydrogens (tertiary/aromatic N) is 1. The smallest absolute Gasteiger partial charge is 0.410 e. The molecule has 0 saturated carbocycles. The van der Waals surface area contributed by atoms with Crippen molar-refractivity contribution in [2.24, 2.45) is 0 Å². The molecular formula is C9H16N2O2. The van der Waals surface area contributed by atoms with Crippen molar-refractivity contribution >= 4 is 6.09 Å². The lowest BCUT2D eigenvalue weighted by atomic mass is 9.99. The Morgan fingerprint density at radius 1 is 1.62 bits per heavy atom. The second-order valence-electron chi connectivity index (χ2n) is 3.76. The summed E-state index contributed by atoms with van der Waals surface area (Å²) >= 11 is 0. The van der Waals surface area contributed by atoms with Gasteiger partial charge >= 0.3 is 6.09 Å². The number of hydrogen-bond donors (Lipinski definition) is 1. The Labute approximate surface area is 78.2 Å². The Morgan fingerprint density at radius 2 is 2.46 bits per heavy atom. The van der Waals surface area contributed by atoms with E-state index in [4.69, 9.17) is 4.74 Å². The number of amides is 1. The molecule has 2 aliphatic rings. The highest BCUT2D eigenvalue weighted by Gasteiger charge is 2.34. The Morgan fingerprint density at radius 3 is 3.08 bits per heavy atom. The molecule has 13 heavy (non-hydrogen) atoms. The highest BCUT2D eigenvalue weighted by atomic mass is 16.6. The molecule has 0 aliphatic carbocycles. The fraction of sp³-hybridized carbons (Fsp3) is 0.889. The van der Waals surface area contributed by atoms with E-state index in [1.807, 2.05) is 4.90 Å².